The molecule has 1 atom stereocenters. The number of ether oxygens (including phenoxy) is 1. The Morgan fingerprint density at radius 3 is 2.86 bits per heavy atom. The molecule has 3 aliphatic rings. The Kier molecular flexibility index (Phi) is 5.66. The van der Waals surface area contributed by atoms with Gasteiger partial charge in [0.1, 0.15) is 10.9 Å². The van der Waals surface area contributed by atoms with Crippen molar-refractivity contribution in [2.24, 2.45) is 16.1 Å². The predicted molar refractivity (Wildman–Crippen MR) is 133 cm³/mol. The summed E-state index contributed by atoms with van der Waals surface area (Å²) in [6.07, 6.45) is 8.41. The Bertz CT molecular complexity index is 1340. The number of hydrogen-bond acceptors (Lipinski definition) is 8. The summed E-state index contributed by atoms with van der Waals surface area (Å²) >= 11 is 7.70. The molecule has 0 saturated carbocycles. The lowest BCUT2D eigenvalue weighted by atomic mass is 9.73. The van der Waals surface area contributed by atoms with Crippen molar-refractivity contribution in [3.63, 3.8) is 0 Å². The summed E-state index contributed by atoms with van der Waals surface area (Å²) in [6.45, 7) is 1.70. The van der Waals surface area contributed by atoms with Gasteiger partial charge in [-0.3, -0.25) is 4.98 Å². The second kappa shape index (κ2) is 8.72. The molecule has 6 rings (SSSR count). The molecule has 1 saturated heterocycles. The average Bonchev–Trinajstić information content (AvgIpc) is 3.39. The largest absolute Gasteiger partial charge is 0.494 e. The van der Waals surface area contributed by atoms with E-state index in [9.17, 15) is 4.39 Å². The van der Waals surface area contributed by atoms with Gasteiger partial charge in [0.05, 0.1) is 30.4 Å². The third-order valence-corrected chi connectivity index (χ3v) is 8.78. The summed E-state index contributed by atoms with van der Waals surface area (Å²) in [5.74, 6) is 1.61. The molecule has 0 bridgehead atoms. The first-order valence-corrected chi connectivity index (χ1v) is 12.7. The fraction of sp³-hybridized carbons (Fsp3) is 0.360. The van der Waals surface area contributed by atoms with Crippen molar-refractivity contribution in [3.05, 3.63) is 64.5 Å². The van der Waals surface area contributed by atoms with Crippen molar-refractivity contribution in [3.8, 4) is 5.75 Å². The Balaban J connectivity index is 1.13. The molecule has 7 nitrogen and oxygen atoms in total. The fourth-order valence-corrected chi connectivity index (χ4v) is 6.44. The minimum absolute atomic E-state index is 0.0617. The number of likely N-dealkylation sites (tertiary alicyclic amines) is 1. The Labute approximate surface area is 212 Å². The van der Waals surface area contributed by atoms with Gasteiger partial charge in [-0.1, -0.05) is 23.4 Å². The van der Waals surface area contributed by atoms with Gasteiger partial charge in [0, 0.05) is 36.4 Å². The molecule has 35 heavy (non-hydrogen) atoms. The number of hydrogen-bond donors (Lipinski definition) is 1. The Morgan fingerprint density at radius 1 is 1.26 bits per heavy atom. The van der Waals surface area contributed by atoms with E-state index in [2.05, 4.69) is 14.9 Å². The molecule has 2 aliphatic heterocycles. The number of methoxy groups -OCH3 is 1. The third kappa shape index (κ3) is 3.95. The van der Waals surface area contributed by atoms with Crippen molar-refractivity contribution in [1.82, 2.24) is 19.9 Å². The molecule has 1 aromatic carbocycles. The van der Waals surface area contributed by atoms with Crippen molar-refractivity contribution in [2.75, 3.05) is 20.2 Å². The first-order valence-electron chi connectivity index (χ1n) is 11.5. The molecule has 0 radical (unpaired) electrons. The van der Waals surface area contributed by atoms with Crippen LogP contribution in [0.25, 0.3) is 0 Å². The third-order valence-electron chi connectivity index (χ3n) is 7.39. The standard InChI is InChI=1S/C25H24ClFN6OS/c1-34-19-8-14-11-25(23(28)15(14)9-17(19)27)3-6-33(7-4-25)21-10-18-24(32-21)30-13-22(31-18)35-20-2-5-29-12-16(20)26/h2,5,8-9,12-13,23H,3-4,6-7,10-11,28H2,1H3/t23-/m1/s1. The molecule has 10 heteroatoms. The lowest BCUT2D eigenvalue weighted by Crippen LogP contribution is -2.46. The maximum Gasteiger partial charge on any atom is 0.176 e. The monoisotopic (exact) mass is 510 g/mol. The second-order valence-corrected chi connectivity index (χ2v) is 10.8. The van der Waals surface area contributed by atoms with Crippen LogP contribution < -0.4 is 10.5 Å². The minimum atomic E-state index is -0.349. The van der Waals surface area contributed by atoms with E-state index in [1.165, 1.54) is 18.9 Å². The van der Waals surface area contributed by atoms with Crippen LogP contribution in [-0.2, 0) is 12.8 Å². The van der Waals surface area contributed by atoms with Crippen molar-refractivity contribution < 1.29 is 9.13 Å². The summed E-state index contributed by atoms with van der Waals surface area (Å²) in [5, 5.41) is 1.37. The molecule has 1 aliphatic carbocycles. The Morgan fingerprint density at radius 2 is 2.09 bits per heavy atom. The quantitative estimate of drug-likeness (QED) is 0.544. The zero-order valence-electron chi connectivity index (χ0n) is 19.2. The normalized spacial score (nSPS) is 20.1. The van der Waals surface area contributed by atoms with Gasteiger partial charge in [0.15, 0.2) is 17.4 Å². The summed E-state index contributed by atoms with van der Waals surface area (Å²) < 4.78 is 19.5. The molecular formula is C25H24ClFN6OS. The number of fused-ring (bicyclic) bond motifs is 2. The molecule has 2 aromatic heterocycles. The SMILES string of the molecule is COc1cc2c(cc1F)[C@@H](N)C1(CCN(C3=Nc4ncc(Sc5ccncc5Cl)nc4C3)CC1)C2. The molecule has 1 fully saturated rings. The van der Waals surface area contributed by atoms with Crippen LogP contribution >= 0.6 is 23.4 Å². The van der Waals surface area contributed by atoms with E-state index in [0.717, 1.165) is 64.9 Å². The summed E-state index contributed by atoms with van der Waals surface area (Å²) in [7, 11) is 1.49. The van der Waals surface area contributed by atoms with Crippen LogP contribution in [0.15, 0.2) is 51.7 Å². The highest BCUT2D eigenvalue weighted by atomic mass is 35.5. The van der Waals surface area contributed by atoms with E-state index in [1.54, 1.807) is 24.7 Å². The zero-order chi connectivity index (χ0) is 24.2. The maximum atomic E-state index is 14.3. The highest BCUT2D eigenvalue weighted by molar-refractivity contribution is 7.99. The molecule has 180 valence electrons. The van der Waals surface area contributed by atoms with Crippen molar-refractivity contribution in [1.29, 1.82) is 0 Å². The highest BCUT2D eigenvalue weighted by Gasteiger charge is 2.47. The van der Waals surface area contributed by atoms with Crippen LogP contribution in [0.1, 0.15) is 35.7 Å². The van der Waals surface area contributed by atoms with Gasteiger partial charge in [-0.15, -0.1) is 0 Å². The van der Waals surface area contributed by atoms with Gasteiger partial charge in [-0.25, -0.2) is 19.4 Å². The number of piperidine rings is 1. The second-order valence-electron chi connectivity index (χ2n) is 9.28. The maximum absolute atomic E-state index is 14.3. The van der Waals surface area contributed by atoms with E-state index in [1.807, 2.05) is 12.1 Å². The molecule has 1 spiro atoms. The molecule has 0 unspecified atom stereocenters. The number of rotatable bonds is 3. The van der Waals surface area contributed by atoms with E-state index < -0.39 is 0 Å². The number of pyridine rings is 1. The van der Waals surface area contributed by atoms with E-state index in [0.29, 0.717) is 17.3 Å². The molecule has 4 heterocycles. The van der Waals surface area contributed by atoms with Crippen molar-refractivity contribution in [2.45, 2.75) is 41.6 Å². The first kappa shape index (κ1) is 22.7. The highest BCUT2D eigenvalue weighted by Crippen LogP contribution is 2.52. The van der Waals surface area contributed by atoms with Crippen LogP contribution in [0, 0.1) is 11.2 Å². The van der Waals surface area contributed by atoms with Crippen LogP contribution in [0.4, 0.5) is 10.2 Å². The Hall–Kier alpha value is -2.75. The first-order chi connectivity index (χ1) is 17.0. The number of aromatic nitrogens is 3. The number of nitrogens with zero attached hydrogens (tertiary/aromatic N) is 5. The summed E-state index contributed by atoms with van der Waals surface area (Å²) in [4.78, 5) is 21.3. The van der Waals surface area contributed by atoms with Crippen LogP contribution in [0.5, 0.6) is 5.75 Å². The van der Waals surface area contributed by atoms with Gasteiger partial charge < -0.3 is 15.4 Å². The predicted octanol–water partition coefficient (Wildman–Crippen LogP) is 4.75. The van der Waals surface area contributed by atoms with E-state index >= 15 is 0 Å². The topological polar surface area (TPSA) is 89.5 Å². The summed E-state index contributed by atoms with van der Waals surface area (Å²) in [6, 6.07) is 5.06. The van der Waals surface area contributed by atoms with Gasteiger partial charge >= 0.3 is 0 Å². The van der Waals surface area contributed by atoms with Gasteiger partial charge in [0.2, 0.25) is 0 Å². The van der Waals surface area contributed by atoms with Crippen LogP contribution in [0.3, 0.4) is 0 Å². The van der Waals surface area contributed by atoms with Crippen LogP contribution in [0.2, 0.25) is 5.02 Å². The zero-order valence-corrected chi connectivity index (χ0v) is 20.7. The van der Waals surface area contributed by atoms with E-state index in [-0.39, 0.29) is 23.0 Å². The van der Waals surface area contributed by atoms with E-state index in [4.69, 9.17) is 32.0 Å². The number of aliphatic imine (C=N–C) groups is 1. The lowest BCUT2D eigenvalue weighted by molar-refractivity contribution is 0.127. The number of halogens is 2. The van der Waals surface area contributed by atoms with Gasteiger partial charge in [-0.2, -0.15) is 0 Å². The molecule has 0 amide bonds. The molecule has 2 N–H and O–H groups in total. The average molecular weight is 511 g/mol. The fourth-order valence-electron chi connectivity index (χ4n) is 5.44. The van der Waals surface area contributed by atoms with Gasteiger partial charge in [-0.05, 0) is 54.0 Å². The molecule has 3 aromatic rings. The number of benzene rings is 1. The smallest absolute Gasteiger partial charge is 0.176 e. The van der Waals surface area contributed by atoms with Crippen molar-refractivity contribution >= 4 is 35.0 Å². The lowest BCUT2D eigenvalue weighted by Gasteiger charge is -2.42. The number of nitrogens with two attached hydrogens (primary N) is 1. The number of amidine groups is 1. The van der Waals surface area contributed by atoms with Crippen LogP contribution in [-0.4, -0.2) is 45.9 Å². The minimum Gasteiger partial charge on any atom is -0.494 e. The van der Waals surface area contributed by atoms with Gasteiger partial charge in [0.25, 0.3) is 0 Å². The summed E-state index contributed by atoms with van der Waals surface area (Å²) in [5.41, 5.74) is 9.51. The molecular weight excluding hydrogens is 487 g/mol.